The van der Waals surface area contributed by atoms with Gasteiger partial charge in [0.15, 0.2) is 0 Å². The molecule has 1 saturated carbocycles. The molecule has 0 spiro atoms. The molecule has 11 nitrogen and oxygen atoms in total. The van der Waals surface area contributed by atoms with Crippen LogP contribution in [-0.4, -0.2) is 77.9 Å². The lowest BCUT2D eigenvalue weighted by Crippen LogP contribution is -2.55. The minimum absolute atomic E-state index is 0.0133. The van der Waals surface area contributed by atoms with Crippen LogP contribution in [0.3, 0.4) is 0 Å². The van der Waals surface area contributed by atoms with Crippen LogP contribution in [0.5, 0.6) is 0 Å². The third-order valence-corrected chi connectivity index (χ3v) is 7.50. The zero-order chi connectivity index (χ0) is 29.2. The second kappa shape index (κ2) is 15.0. The van der Waals surface area contributed by atoms with Gasteiger partial charge in [0.25, 0.3) is 5.91 Å². The summed E-state index contributed by atoms with van der Waals surface area (Å²) in [5, 5.41) is 18.1. The highest BCUT2D eigenvalue weighted by Crippen LogP contribution is 2.30. The number of nitrogens with two attached hydrogens (primary N) is 1. The van der Waals surface area contributed by atoms with E-state index < -0.39 is 41.6 Å². The Balaban J connectivity index is 2.67. The number of nitrogens with zero attached hydrogens (tertiary/aromatic N) is 1. The fourth-order valence-corrected chi connectivity index (χ4v) is 4.13. The Hall–Kier alpha value is -2.69. The van der Waals surface area contributed by atoms with E-state index in [0.29, 0.717) is 6.42 Å². The molecule has 0 radical (unpaired) electrons. The van der Waals surface area contributed by atoms with E-state index in [1.165, 1.54) is 4.90 Å². The van der Waals surface area contributed by atoms with Gasteiger partial charge in [0.05, 0.1) is 6.04 Å². The van der Waals surface area contributed by atoms with Crippen molar-refractivity contribution in [2.75, 3.05) is 20.2 Å². The van der Waals surface area contributed by atoms with Crippen LogP contribution in [0.15, 0.2) is 0 Å². The van der Waals surface area contributed by atoms with E-state index in [4.69, 9.17) is 5.73 Å². The van der Waals surface area contributed by atoms with Gasteiger partial charge < -0.3 is 31.7 Å². The number of Topliss-reactive ketones (excluding diaryl/α,β-unsaturated/α-hetero) is 1. The number of aliphatic hydroxyl groups excluding tert-OH is 1. The standard InChI is InChI=1S/C27H49N5O6/c1-16(2)22(31-26(38)29-17(3)27(4,5)6)25(37)32(7)14-19(15-33)11-12-21(34)30-20(23(35)24(28)36)13-18-9-8-10-18/h16-20,22,33H,8-15H2,1-7H3,(H2,28,36)(H,30,34)(H2,29,31,38)/t17?,19-,20?,22?/m1/s1. The van der Waals surface area contributed by atoms with Crippen molar-refractivity contribution in [3.8, 4) is 0 Å². The molecule has 38 heavy (non-hydrogen) atoms. The molecule has 1 aliphatic carbocycles. The number of carbonyl (C=O) groups is 5. The monoisotopic (exact) mass is 539 g/mol. The lowest BCUT2D eigenvalue weighted by molar-refractivity contribution is -0.138. The third-order valence-electron chi connectivity index (χ3n) is 7.50. The molecule has 1 fully saturated rings. The fraction of sp³-hybridized carbons (Fsp3) is 0.815. The minimum Gasteiger partial charge on any atom is -0.396 e. The van der Waals surface area contributed by atoms with Gasteiger partial charge in [0, 0.05) is 38.6 Å². The van der Waals surface area contributed by atoms with Gasteiger partial charge in [-0.25, -0.2) is 4.79 Å². The van der Waals surface area contributed by atoms with E-state index in [-0.39, 0.29) is 55.2 Å². The van der Waals surface area contributed by atoms with Crippen LogP contribution in [0.2, 0.25) is 0 Å². The lowest BCUT2D eigenvalue weighted by atomic mass is 9.80. The number of amides is 5. The highest BCUT2D eigenvalue weighted by molar-refractivity contribution is 6.37. The van der Waals surface area contributed by atoms with Gasteiger partial charge >= 0.3 is 6.03 Å². The molecule has 4 atom stereocenters. The normalized spacial score (nSPS) is 17.0. The second-order valence-electron chi connectivity index (χ2n) is 12.1. The first kappa shape index (κ1) is 33.3. The van der Waals surface area contributed by atoms with Crippen molar-refractivity contribution >= 4 is 29.5 Å². The molecule has 1 rings (SSSR count). The van der Waals surface area contributed by atoms with Gasteiger partial charge in [-0.3, -0.25) is 19.2 Å². The molecular weight excluding hydrogens is 490 g/mol. The van der Waals surface area contributed by atoms with E-state index in [9.17, 15) is 29.1 Å². The number of carbonyl (C=O) groups excluding carboxylic acids is 5. The summed E-state index contributed by atoms with van der Waals surface area (Å²) in [4.78, 5) is 63.3. The first-order valence-electron chi connectivity index (χ1n) is 13.6. The summed E-state index contributed by atoms with van der Waals surface area (Å²) in [5.41, 5.74) is 5.01. The smallest absolute Gasteiger partial charge is 0.315 e. The molecular formula is C27H49N5O6. The summed E-state index contributed by atoms with van der Waals surface area (Å²) in [5.74, 6) is -2.87. The van der Waals surface area contributed by atoms with Gasteiger partial charge in [-0.1, -0.05) is 53.9 Å². The Morgan fingerprint density at radius 3 is 2.08 bits per heavy atom. The van der Waals surface area contributed by atoms with Gasteiger partial charge in [0.2, 0.25) is 17.6 Å². The molecule has 0 aromatic carbocycles. The largest absolute Gasteiger partial charge is 0.396 e. The first-order valence-corrected chi connectivity index (χ1v) is 13.6. The van der Waals surface area contributed by atoms with Crippen LogP contribution in [0, 0.1) is 23.2 Å². The summed E-state index contributed by atoms with van der Waals surface area (Å²) in [6.45, 7) is 11.5. The van der Waals surface area contributed by atoms with E-state index in [0.717, 1.165) is 19.3 Å². The molecule has 218 valence electrons. The van der Waals surface area contributed by atoms with E-state index in [1.807, 2.05) is 41.5 Å². The van der Waals surface area contributed by atoms with Crippen molar-refractivity contribution in [2.45, 2.75) is 98.2 Å². The molecule has 0 aliphatic heterocycles. The average molecular weight is 540 g/mol. The SMILES string of the molecule is CC(C)C(NC(=O)NC(C)C(C)(C)C)C(=O)N(C)C[C@H](CO)CCC(=O)NC(CC1CCC1)C(=O)C(N)=O. The molecule has 1 aliphatic rings. The van der Waals surface area contributed by atoms with Crippen LogP contribution in [0.1, 0.15) is 80.1 Å². The van der Waals surface area contributed by atoms with E-state index in [2.05, 4.69) is 16.0 Å². The minimum atomic E-state index is -1.07. The third kappa shape index (κ3) is 11.0. The van der Waals surface area contributed by atoms with Crippen molar-refractivity contribution in [1.82, 2.24) is 20.9 Å². The number of rotatable bonds is 15. The van der Waals surface area contributed by atoms with Crippen LogP contribution >= 0.6 is 0 Å². The first-order chi connectivity index (χ1) is 17.6. The van der Waals surface area contributed by atoms with E-state index >= 15 is 0 Å². The number of nitrogens with one attached hydrogen (secondary N) is 3. The lowest BCUT2D eigenvalue weighted by Gasteiger charge is -2.32. The number of aliphatic hydroxyl groups is 1. The molecule has 0 aromatic heterocycles. The fourth-order valence-electron chi connectivity index (χ4n) is 4.13. The van der Waals surface area contributed by atoms with E-state index in [1.54, 1.807) is 7.05 Å². The maximum absolute atomic E-state index is 13.2. The maximum atomic E-state index is 13.2. The summed E-state index contributed by atoms with van der Waals surface area (Å²) >= 11 is 0. The second-order valence-corrected chi connectivity index (χ2v) is 12.1. The van der Waals surface area contributed by atoms with Crippen molar-refractivity contribution < 1.29 is 29.1 Å². The highest BCUT2D eigenvalue weighted by Gasteiger charge is 2.32. The summed E-state index contributed by atoms with van der Waals surface area (Å²) in [6, 6.07) is -2.24. The Bertz CT molecular complexity index is 836. The number of primary amides is 1. The van der Waals surface area contributed by atoms with Gasteiger partial charge in [-0.2, -0.15) is 0 Å². The van der Waals surface area contributed by atoms with Gasteiger partial charge in [-0.15, -0.1) is 0 Å². The van der Waals surface area contributed by atoms with Crippen molar-refractivity contribution in [3.05, 3.63) is 0 Å². The Morgan fingerprint density at radius 2 is 1.63 bits per heavy atom. The number of hydrogen-bond donors (Lipinski definition) is 5. The predicted molar refractivity (Wildman–Crippen MR) is 145 cm³/mol. The predicted octanol–water partition coefficient (Wildman–Crippen LogP) is 1.32. The quantitative estimate of drug-likeness (QED) is 0.196. The van der Waals surface area contributed by atoms with Crippen LogP contribution in [0.4, 0.5) is 4.79 Å². The molecule has 0 heterocycles. The number of likely N-dealkylation sites (N-methyl/N-ethyl adjacent to an activating group) is 1. The zero-order valence-electron chi connectivity index (χ0n) is 24.1. The molecule has 0 aromatic rings. The Kier molecular flexibility index (Phi) is 13.2. The van der Waals surface area contributed by atoms with Gasteiger partial charge in [0.1, 0.15) is 6.04 Å². The number of ketones is 1. The Labute approximate surface area is 227 Å². The molecule has 3 unspecified atom stereocenters. The van der Waals surface area contributed by atoms with Crippen LogP contribution < -0.4 is 21.7 Å². The Morgan fingerprint density at radius 1 is 1.03 bits per heavy atom. The zero-order valence-corrected chi connectivity index (χ0v) is 24.1. The maximum Gasteiger partial charge on any atom is 0.315 e. The van der Waals surface area contributed by atoms with Crippen molar-refractivity contribution in [2.24, 2.45) is 28.9 Å². The molecule has 5 amide bonds. The topological polar surface area (TPSA) is 171 Å². The highest BCUT2D eigenvalue weighted by atomic mass is 16.3. The average Bonchev–Trinajstić information content (AvgIpc) is 2.79. The molecule has 0 saturated heterocycles. The summed E-state index contributed by atoms with van der Waals surface area (Å²) in [6.07, 6.45) is 3.64. The van der Waals surface area contributed by atoms with Crippen LogP contribution in [-0.2, 0) is 19.2 Å². The number of hydrogen-bond acceptors (Lipinski definition) is 6. The molecule has 6 N–H and O–H groups in total. The van der Waals surface area contributed by atoms with Crippen molar-refractivity contribution in [3.63, 3.8) is 0 Å². The molecule has 11 heteroatoms. The number of urea groups is 1. The summed E-state index contributed by atoms with van der Waals surface area (Å²) in [7, 11) is 1.60. The van der Waals surface area contributed by atoms with Gasteiger partial charge in [-0.05, 0) is 37.0 Å². The van der Waals surface area contributed by atoms with Crippen molar-refractivity contribution in [1.29, 1.82) is 0 Å². The summed E-state index contributed by atoms with van der Waals surface area (Å²) < 4.78 is 0. The van der Waals surface area contributed by atoms with Crippen LogP contribution in [0.25, 0.3) is 0 Å². The molecule has 0 bridgehead atoms.